The lowest BCUT2D eigenvalue weighted by Crippen LogP contribution is -2.22. The molecule has 0 radical (unpaired) electrons. The predicted octanol–water partition coefficient (Wildman–Crippen LogP) is 0.0637. The van der Waals surface area contributed by atoms with E-state index >= 15 is 0 Å². The van der Waals surface area contributed by atoms with Crippen LogP contribution in [0.25, 0.3) is 0 Å². The van der Waals surface area contributed by atoms with Gasteiger partial charge in [-0.3, -0.25) is 19.6 Å². The third kappa shape index (κ3) is 6.57. The van der Waals surface area contributed by atoms with Gasteiger partial charge in [0.05, 0.1) is 5.88 Å². The van der Waals surface area contributed by atoms with Crippen molar-refractivity contribution in [3.8, 4) is 0 Å². The van der Waals surface area contributed by atoms with Crippen LogP contribution in [0.3, 0.4) is 0 Å². The lowest BCUT2D eigenvalue weighted by molar-refractivity contribution is 0.936. The van der Waals surface area contributed by atoms with Crippen LogP contribution >= 0.6 is 11.6 Å². The number of aromatic nitrogens is 4. The highest BCUT2D eigenvalue weighted by molar-refractivity contribution is 6.16. The second kappa shape index (κ2) is 8.75. The Labute approximate surface area is 124 Å². The summed E-state index contributed by atoms with van der Waals surface area (Å²) >= 11 is 5.35. The quantitative estimate of drug-likeness (QED) is 0.583. The van der Waals surface area contributed by atoms with E-state index in [9.17, 15) is 19.2 Å². The number of rotatable bonds is 2. The van der Waals surface area contributed by atoms with Gasteiger partial charge in [-0.25, -0.2) is 9.59 Å². The molecule has 116 valence electrons. The first kappa shape index (κ1) is 18.7. The zero-order chi connectivity index (χ0) is 15.1. The Balaban J connectivity index is 0.000000364. The lowest BCUT2D eigenvalue weighted by atomic mass is 10.3. The molecule has 0 aliphatic heterocycles. The second-order valence-electron chi connectivity index (χ2n) is 3.71. The number of hydrogen-bond acceptors (Lipinski definition) is 4. The zero-order valence-electron chi connectivity index (χ0n) is 10.6. The molecule has 0 amide bonds. The van der Waals surface area contributed by atoms with Crippen molar-refractivity contribution < 1.29 is 0 Å². The third-order valence-corrected chi connectivity index (χ3v) is 2.45. The van der Waals surface area contributed by atoms with E-state index in [2.05, 4.69) is 15.0 Å². The molecular weight excluding hydrogens is 300 g/mol. The first-order chi connectivity index (χ1) is 9.44. The largest absolute Gasteiger partial charge is 0.325 e. The van der Waals surface area contributed by atoms with Gasteiger partial charge in [0.1, 0.15) is 0 Å². The van der Waals surface area contributed by atoms with Gasteiger partial charge in [-0.15, -0.1) is 11.6 Å². The summed E-state index contributed by atoms with van der Waals surface area (Å²) in [5.74, 6) is 0.138. The summed E-state index contributed by atoms with van der Waals surface area (Å²) in [6.07, 6.45) is 0.666. The fourth-order valence-electron chi connectivity index (χ4n) is 1.30. The molecule has 0 unspecified atom stereocenters. The zero-order valence-corrected chi connectivity index (χ0v) is 11.3. The Morgan fingerprint density at radius 1 is 0.857 bits per heavy atom. The maximum Gasteiger partial charge on any atom is 0.325 e. The fraction of sp³-hybridized carbons (Fsp3) is 0.333. The van der Waals surface area contributed by atoms with Crippen molar-refractivity contribution in [2.24, 2.45) is 0 Å². The van der Waals surface area contributed by atoms with Gasteiger partial charge in [0.2, 0.25) is 0 Å². The molecule has 0 aliphatic carbocycles. The van der Waals surface area contributed by atoms with Crippen LogP contribution < -0.4 is 22.5 Å². The highest BCUT2D eigenvalue weighted by Gasteiger charge is 1.92. The molecule has 21 heavy (non-hydrogen) atoms. The number of H-pyrrole nitrogens is 4. The molecule has 0 saturated heterocycles. The smallest absolute Gasteiger partial charge is 0.311 e. The monoisotopic (exact) mass is 316 g/mol. The van der Waals surface area contributed by atoms with Crippen molar-refractivity contribution >= 4 is 11.6 Å². The van der Waals surface area contributed by atoms with Gasteiger partial charge in [-0.05, 0) is 6.42 Å². The van der Waals surface area contributed by atoms with Crippen LogP contribution in [-0.4, -0.2) is 19.9 Å². The van der Waals surface area contributed by atoms with Crippen molar-refractivity contribution in [1.29, 1.82) is 0 Å². The highest BCUT2D eigenvalue weighted by atomic mass is 35.5. The molecule has 0 bridgehead atoms. The molecule has 0 fully saturated rings. The van der Waals surface area contributed by atoms with E-state index in [4.69, 9.17) is 11.6 Å². The van der Waals surface area contributed by atoms with E-state index < -0.39 is 16.9 Å². The van der Waals surface area contributed by atoms with E-state index in [1.165, 1.54) is 12.1 Å². The first-order valence-corrected chi connectivity index (χ1v) is 6.19. The summed E-state index contributed by atoms with van der Waals surface area (Å²) in [5, 5.41) is 0. The van der Waals surface area contributed by atoms with Gasteiger partial charge in [-0.1, -0.05) is 14.4 Å². The molecule has 0 spiro atoms. The van der Waals surface area contributed by atoms with Crippen molar-refractivity contribution in [2.45, 2.75) is 26.7 Å². The van der Waals surface area contributed by atoms with Gasteiger partial charge >= 0.3 is 11.4 Å². The molecule has 0 aliphatic rings. The minimum atomic E-state index is -0.525. The minimum absolute atomic E-state index is 0. The molecule has 2 rings (SSSR count). The number of alkyl halides is 1. The minimum Gasteiger partial charge on any atom is -0.311 e. The van der Waals surface area contributed by atoms with Crippen LogP contribution in [-0.2, 0) is 12.3 Å². The summed E-state index contributed by atoms with van der Waals surface area (Å²) < 4.78 is 0. The van der Waals surface area contributed by atoms with E-state index in [1.807, 2.05) is 11.9 Å². The summed E-state index contributed by atoms with van der Waals surface area (Å²) in [5.41, 5.74) is -0.656. The Hall–Kier alpha value is -2.35. The number of halogens is 1. The van der Waals surface area contributed by atoms with Gasteiger partial charge < -0.3 is 9.97 Å². The van der Waals surface area contributed by atoms with Gasteiger partial charge in [0, 0.05) is 23.5 Å². The summed E-state index contributed by atoms with van der Waals surface area (Å²) in [6, 6.07) is 2.62. The van der Waals surface area contributed by atoms with Crippen LogP contribution in [0.1, 0.15) is 25.7 Å². The molecule has 2 aromatic heterocycles. The van der Waals surface area contributed by atoms with Crippen LogP contribution in [0.5, 0.6) is 0 Å². The van der Waals surface area contributed by atoms with E-state index in [-0.39, 0.29) is 18.9 Å². The van der Waals surface area contributed by atoms with Crippen molar-refractivity contribution in [2.75, 3.05) is 0 Å². The molecule has 0 saturated carbocycles. The van der Waals surface area contributed by atoms with Crippen LogP contribution in [0.15, 0.2) is 31.3 Å². The van der Waals surface area contributed by atoms with Crippen LogP contribution in [0.2, 0.25) is 0 Å². The van der Waals surface area contributed by atoms with E-state index in [1.54, 1.807) is 0 Å². The maximum absolute atomic E-state index is 10.6. The Bertz CT molecular complexity index is 663. The van der Waals surface area contributed by atoms with E-state index in [0.717, 1.165) is 0 Å². The Morgan fingerprint density at radius 3 is 1.67 bits per heavy atom. The van der Waals surface area contributed by atoms with Crippen molar-refractivity contribution in [3.05, 3.63) is 65.2 Å². The standard InChI is InChI=1S/C6H8N2O2.C5H5ClN2O2.CH4/c1-2-4-3-5(9)8-6(10)7-4;6-2-3-1-4(9)8-5(10)7-3;/h3H,2H2,1H3,(H2,7,8,9,10);1H,2H2,(H2,7,8,9,10);1H4. The molecule has 2 heterocycles. The molecule has 4 N–H and O–H groups in total. The second-order valence-corrected chi connectivity index (χ2v) is 3.98. The highest BCUT2D eigenvalue weighted by Crippen LogP contribution is 1.89. The number of nitrogens with one attached hydrogen (secondary N) is 4. The average molecular weight is 317 g/mol. The summed E-state index contributed by atoms with van der Waals surface area (Å²) in [7, 11) is 0. The molecule has 2 aromatic rings. The summed E-state index contributed by atoms with van der Waals surface area (Å²) in [4.78, 5) is 51.1. The van der Waals surface area contributed by atoms with Crippen molar-refractivity contribution in [1.82, 2.24) is 19.9 Å². The van der Waals surface area contributed by atoms with Gasteiger partial charge in [-0.2, -0.15) is 0 Å². The molecule has 0 atom stereocenters. The van der Waals surface area contributed by atoms with Gasteiger partial charge in [0.15, 0.2) is 0 Å². The maximum atomic E-state index is 10.6. The Morgan fingerprint density at radius 2 is 1.29 bits per heavy atom. The third-order valence-electron chi connectivity index (χ3n) is 2.16. The number of aryl methyl sites for hydroxylation is 1. The number of hydrogen-bond donors (Lipinski definition) is 4. The first-order valence-electron chi connectivity index (χ1n) is 5.65. The van der Waals surface area contributed by atoms with Crippen molar-refractivity contribution in [3.63, 3.8) is 0 Å². The topological polar surface area (TPSA) is 131 Å². The van der Waals surface area contributed by atoms with Gasteiger partial charge in [0.25, 0.3) is 11.1 Å². The SMILES string of the molecule is C.CCc1cc(=O)[nH]c(=O)[nH]1.O=c1cc(CCl)[nH]c(=O)[nH]1. The molecule has 9 heteroatoms. The molecular formula is C12H17ClN4O4. The summed E-state index contributed by atoms with van der Waals surface area (Å²) in [6.45, 7) is 1.87. The fourth-order valence-corrected chi connectivity index (χ4v) is 1.45. The average Bonchev–Trinajstić information content (AvgIpc) is 2.37. The Kier molecular flexibility index (Phi) is 7.77. The molecule has 8 nitrogen and oxygen atoms in total. The predicted molar refractivity (Wildman–Crippen MR) is 81.0 cm³/mol. The normalized spacial score (nSPS) is 9.24. The lowest BCUT2D eigenvalue weighted by Gasteiger charge is -1.90. The van der Waals surface area contributed by atoms with E-state index in [0.29, 0.717) is 17.8 Å². The van der Waals surface area contributed by atoms with Crippen LogP contribution in [0, 0.1) is 0 Å². The number of aromatic amines is 4. The van der Waals surface area contributed by atoms with Crippen LogP contribution in [0.4, 0.5) is 0 Å². The molecule has 0 aromatic carbocycles.